The summed E-state index contributed by atoms with van der Waals surface area (Å²) in [7, 11) is -9.82. The Morgan fingerprint density at radius 2 is 0.424 bits per heavy atom. The molecule has 0 aliphatic carbocycles. The maximum Gasteiger partial charge on any atom is 0.472 e. The van der Waals surface area contributed by atoms with Gasteiger partial charge in [-0.1, -0.05) is 414 Å². The Labute approximate surface area is 763 Å². The van der Waals surface area contributed by atoms with Gasteiger partial charge in [0.25, 0.3) is 0 Å². The van der Waals surface area contributed by atoms with E-state index >= 15 is 0 Å². The van der Waals surface area contributed by atoms with Gasteiger partial charge in [0, 0.05) is 19.3 Å². The highest BCUT2D eigenvalue weighted by atomic mass is 31.2. The van der Waals surface area contributed by atoms with Crippen LogP contribution in [0.2, 0.25) is 0 Å². The summed E-state index contributed by atoms with van der Waals surface area (Å²) in [6, 6.07) is 0. The third-order valence-electron chi connectivity index (χ3n) is 20.8. The van der Waals surface area contributed by atoms with Gasteiger partial charge in [0.05, 0.1) is 26.4 Å². The molecule has 714 valence electrons. The summed E-state index contributed by atoms with van der Waals surface area (Å²) in [6.45, 7) is 2.46. The van der Waals surface area contributed by atoms with Crippen LogP contribution in [0, 0.1) is 0 Å². The Bertz CT molecular complexity index is 3050. The third kappa shape index (κ3) is 98.8. The maximum atomic E-state index is 13.1. The number of esters is 3. The first-order valence-electron chi connectivity index (χ1n) is 49.7. The molecule has 5 unspecified atom stereocenters. The van der Waals surface area contributed by atoms with E-state index in [1.165, 1.54) is 154 Å². The van der Waals surface area contributed by atoms with Gasteiger partial charge in [-0.05, 0) is 167 Å². The zero-order valence-electron chi connectivity index (χ0n) is 79.0. The van der Waals surface area contributed by atoms with E-state index in [1.54, 1.807) is 0 Å². The zero-order chi connectivity index (χ0) is 90.7. The van der Waals surface area contributed by atoms with E-state index in [1.807, 2.05) is 0 Å². The lowest BCUT2D eigenvalue weighted by Gasteiger charge is -2.21. The fraction of sp³-hybridized carbons (Fsp3) is 0.673. The first-order valence-corrected chi connectivity index (χ1v) is 52.7. The number of phosphoric ester groups is 2. The zero-order valence-corrected chi connectivity index (χ0v) is 80.7. The van der Waals surface area contributed by atoms with Crippen LogP contribution in [0.25, 0.3) is 0 Å². The molecule has 0 radical (unpaired) electrons. The molecule has 0 saturated carbocycles. The van der Waals surface area contributed by atoms with Gasteiger partial charge in [0.2, 0.25) is 0 Å². The van der Waals surface area contributed by atoms with Crippen LogP contribution in [0.1, 0.15) is 406 Å². The Morgan fingerprint density at radius 1 is 0.232 bits per heavy atom. The summed E-state index contributed by atoms with van der Waals surface area (Å²) >= 11 is 0. The third-order valence-corrected chi connectivity index (χ3v) is 22.7. The summed E-state index contributed by atoms with van der Waals surface area (Å²) < 4.78 is 61.6. The number of aliphatic hydroxyl groups is 2. The van der Waals surface area contributed by atoms with E-state index in [9.17, 15) is 43.5 Å². The number of rotatable bonds is 93. The number of hydrogen-bond acceptors (Lipinski definition) is 14. The molecule has 0 amide bonds. The number of ether oxygens (including phenoxy) is 3. The van der Waals surface area contributed by atoms with E-state index in [0.29, 0.717) is 19.3 Å². The van der Waals surface area contributed by atoms with Crippen molar-refractivity contribution in [3.05, 3.63) is 194 Å². The average molecular weight is 1780 g/mol. The minimum Gasteiger partial charge on any atom is -0.463 e. The highest BCUT2D eigenvalue weighted by Crippen LogP contribution is 2.45. The first kappa shape index (κ1) is 119. The van der Waals surface area contributed by atoms with Crippen LogP contribution in [-0.2, 0) is 55.8 Å². The van der Waals surface area contributed by atoms with Crippen molar-refractivity contribution in [3.8, 4) is 0 Å². The van der Waals surface area contributed by atoms with Gasteiger partial charge in [0.15, 0.2) is 6.10 Å². The van der Waals surface area contributed by atoms with Crippen molar-refractivity contribution in [2.75, 3.05) is 39.6 Å². The second kappa shape index (κ2) is 97.4. The van der Waals surface area contributed by atoms with Crippen LogP contribution in [0.4, 0.5) is 0 Å². The van der Waals surface area contributed by atoms with Crippen molar-refractivity contribution in [2.24, 2.45) is 0 Å². The van der Waals surface area contributed by atoms with Gasteiger partial charge in [0.1, 0.15) is 25.4 Å². The van der Waals surface area contributed by atoms with Crippen LogP contribution in [-0.4, -0.2) is 95.9 Å². The summed E-state index contributed by atoms with van der Waals surface area (Å²) in [4.78, 5) is 59.1. The highest BCUT2D eigenvalue weighted by Gasteiger charge is 2.30. The minimum absolute atomic E-state index is 0.0873. The Balaban J connectivity index is 4.58. The number of allylic oxidation sites excluding steroid dienone is 32. The first-order chi connectivity index (χ1) is 61.2. The van der Waals surface area contributed by atoms with Crippen molar-refractivity contribution in [1.82, 2.24) is 0 Å². The lowest BCUT2D eigenvalue weighted by atomic mass is 10.0. The normalized spacial score (nSPS) is 14.5. The van der Waals surface area contributed by atoms with E-state index in [-0.39, 0.29) is 19.3 Å². The Morgan fingerprint density at radius 3 is 0.672 bits per heavy atom. The quantitative estimate of drug-likeness (QED) is 0.0146. The lowest BCUT2D eigenvalue weighted by Crippen LogP contribution is -2.30. The molecule has 125 heavy (non-hydrogen) atoms. The number of carbonyl (C=O) groups is 3. The van der Waals surface area contributed by atoms with Crippen molar-refractivity contribution in [1.29, 1.82) is 0 Å². The molecule has 0 aromatic heterocycles. The number of hydrogen-bond donors (Lipinski definition) is 4. The molecule has 16 nitrogen and oxygen atoms in total. The standard InChI is InChI=1S/C107H180O16P2/c1-4-7-10-13-16-19-22-25-28-31-34-37-40-42-44-46-48-49-50-51-53-55-56-58-61-63-66-69-72-75-78-81-84-87-90-93-105(110)117-96-102(108)97-119-124(113,114)120-98-103(109)99-121-125(115,116)122-101-104(123-107(112)95-92-89-86-83-80-77-74-71-68-65-60-39-36-33-30-27-24-21-18-15-12-9-6-3)100-118-106(111)94-91-88-85-82-79-76-73-70-67-64-62-59-57-54-52-47-45-43-41-38-35-32-29-26-23-20-17-14-11-8-5-2/h7-8,10-11,16-21,25-30,34-39,42-45,48-49,52,54,65,68,102-104,108-109H,4-6,9,12-15,22-24,31-33,40-41,46-47,50-51,53,55-64,66-67,69-101H2,1-3H3,(H,113,114)(H,115,116)/b10-7-,11-8-,19-16-,20-17-,21-18-,28-25-,29-26-,30-27-,37-34-,38-35-,39-36-,44-42-,45-43-,49-48-,54-52-,68-65-. The molecule has 0 spiro atoms. The van der Waals surface area contributed by atoms with Gasteiger partial charge in [-0.25, -0.2) is 9.13 Å². The van der Waals surface area contributed by atoms with Crippen molar-refractivity contribution < 1.29 is 75.8 Å². The largest absolute Gasteiger partial charge is 0.472 e. The van der Waals surface area contributed by atoms with Gasteiger partial charge in [-0.3, -0.25) is 32.5 Å². The van der Waals surface area contributed by atoms with Crippen LogP contribution < -0.4 is 0 Å². The van der Waals surface area contributed by atoms with Crippen LogP contribution in [0.15, 0.2) is 194 Å². The fourth-order valence-corrected chi connectivity index (χ4v) is 14.9. The molecule has 18 heteroatoms. The van der Waals surface area contributed by atoms with Crippen LogP contribution in [0.3, 0.4) is 0 Å². The second-order valence-corrected chi connectivity index (χ2v) is 35.7. The molecule has 0 aliphatic heterocycles. The van der Waals surface area contributed by atoms with Crippen molar-refractivity contribution in [2.45, 2.75) is 424 Å². The Kier molecular flexibility index (Phi) is 93.1. The number of carbonyl (C=O) groups excluding carboxylic acids is 3. The molecule has 0 aliphatic rings. The predicted molar refractivity (Wildman–Crippen MR) is 528 cm³/mol. The van der Waals surface area contributed by atoms with Crippen molar-refractivity contribution in [3.63, 3.8) is 0 Å². The fourth-order valence-electron chi connectivity index (χ4n) is 13.3. The molecule has 0 heterocycles. The van der Waals surface area contributed by atoms with Gasteiger partial charge in [-0.15, -0.1) is 0 Å². The maximum absolute atomic E-state index is 13.1. The number of phosphoric acid groups is 2. The summed E-state index contributed by atoms with van der Waals surface area (Å²) in [5.74, 6) is -1.58. The van der Waals surface area contributed by atoms with Crippen molar-refractivity contribution >= 4 is 33.6 Å². The average Bonchev–Trinajstić information content (AvgIpc) is 0.902. The minimum atomic E-state index is -4.95. The lowest BCUT2D eigenvalue weighted by molar-refractivity contribution is -0.161. The summed E-state index contributed by atoms with van der Waals surface area (Å²) in [5.41, 5.74) is 0. The monoisotopic (exact) mass is 1780 g/mol. The number of unbranched alkanes of at least 4 members (excludes halogenated alkanes) is 38. The van der Waals surface area contributed by atoms with E-state index in [4.69, 9.17) is 32.3 Å². The number of aliphatic hydroxyl groups excluding tert-OH is 2. The molecule has 0 aromatic carbocycles. The molecule has 4 N–H and O–H groups in total. The van der Waals surface area contributed by atoms with E-state index < -0.39 is 91.5 Å². The molecule has 0 rings (SSSR count). The molecule has 0 bridgehead atoms. The van der Waals surface area contributed by atoms with E-state index in [2.05, 4.69) is 215 Å². The van der Waals surface area contributed by atoms with Gasteiger partial charge >= 0.3 is 33.6 Å². The predicted octanol–water partition coefficient (Wildman–Crippen LogP) is 31.3. The molecule has 0 aromatic rings. The Hall–Kier alpha value is -5.61. The molecule has 5 atom stereocenters. The van der Waals surface area contributed by atoms with Crippen LogP contribution >= 0.6 is 15.6 Å². The van der Waals surface area contributed by atoms with Gasteiger partial charge < -0.3 is 34.2 Å². The SMILES string of the molecule is CC/C=C\C/C=C\C/C=C\C/C=C\C/C=C\C/C=C\CCCCCCCCCCCCCCCCCCC(=O)OCC(O)COP(=O)(O)OCC(O)COP(=O)(O)OCC(COC(=O)CCCCCCCCCCCCCC/C=C\C/C=C\C/C=C\C/C=C\C/C=C\C/C=C\CC)OC(=O)CCCCCCCCC/C=C\C/C=C\C/C=C\C/C=C\CCCCC. The summed E-state index contributed by atoms with van der Waals surface area (Å²) in [6.07, 6.45) is 131. The second-order valence-electron chi connectivity index (χ2n) is 32.8. The van der Waals surface area contributed by atoms with Gasteiger partial charge in [-0.2, -0.15) is 0 Å². The topological polar surface area (TPSA) is 231 Å². The smallest absolute Gasteiger partial charge is 0.463 e. The molecular weight excluding hydrogens is 1600 g/mol. The molecule has 0 fully saturated rings. The van der Waals surface area contributed by atoms with Crippen LogP contribution in [0.5, 0.6) is 0 Å². The summed E-state index contributed by atoms with van der Waals surface area (Å²) in [5, 5.41) is 20.8. The molecule has 0 saturated heterocycles. The van der Waals surface area contributed by atoms with E-state index in [0.717, 1.165) is 193 Å². The molecular formula is C107H180O16P2. The highest BCUT2D eigenvalue weighted by molar-refractivity contribution is 7.47.